The van der Waals surface area contributed by atoms with Gasteiger partial charge in [0.2, 0.25) is 0 Å². The Balaban J connectivity index is 1.58. The molecular weight excluding hydrogens is 316 g/mol. The van der Waals surface area contributed by atoms with Gasteiger partial charge in [0.05, 0.1) is 11.2 Å². The average molecular weight is 326 g/mol. The third-order valence-electron chi connectivity index (χ3n) is 3.37. The smallest absolute Gasteiger partial charge is 0.359 e. The summed E-state index contributed by atoms with van der Waals surface area (Å²) in [5.41, 5.74) is 1.18. The molecule has 0 aliphatic carbocycles. The third-order valence-corrected chi connectivity index (χ3v) is 4.13. The second-order valence-corrected chi connectivity index (χ2v) is 5.71. The van der Waals surface area contributed by atoms with Crippen LogP contribution in [0.5, 0.6) is 0 Å². The highest BCUT2D eigenvalue weighted by atomic mass is 32.1. The molecule has 23 heavy (non-hydrogen) atoms. The molecule has 0 amide bonds. The highest BCUT2D eigenvalue weighted by Crippen LogP contribution is 2.16. The van der Waals surface area contributed by atoms with E-state index in [1.54, 1.807) is 17.6 Å². The molecule has 0 aliphatic rings. The summed E-state index contributed by atoms with van der Waals surface area (Å²) in [5.74, 6) is -0.560. The van der Waals surface area contributed by atoms with Crippen molar-refractivity contribution in [3.63, 3.8) is 0 Å². The van der Waals surface area contributed by atoms with E-state index in [1.807, 2.05) is 18.2 Å². The lowest BCUT2D eigenvalue weighted by Gasteiger charge is -2.03. The zero-order valence-electron chi connectivity index (χ0n) is 11.7. The van der Waals surface area contributed by atoms with E-state index in [2.05, 4.69) is 15.2 Å². The van der Waals surface area contributed by atoms with Gasteiger partial charge in [-0.25, -0.2) is 9.78 Å². The van der Waals surface area contributed by atoms with Crippen LogP contribution in [0.3, 0.4) is 0 Å². The largest absolute Gasteiger partial charge is 0.454 e. The van der Waals surface area contributed by atoms with Gasteiger partial charge in [-0.1, -0.05) is 18.2 Å². The van der Waals surface area contributed by atoms with Gasteiger partial charge < -0.3 is 4.74 Å². The molecule has 0 fully saturated rings. The molecule has 4 rings (SSSR count). The van der Waals surface area contributed by atoms with Gasteiger partial charge >= 0.3 is 5.97 Å². The number of rotatable bonds is 3. The summed E-state index contributed by atoms with van der Waals surface area (Å²) < 4.78 is 6.68. The SMILES string of the molecule is O=C(OCc1cc(=O)n2ccsc2n1)c1n[nH]c2ccccc12. The summed E-state index contributed by atoms with van der Waals surface area (Å²) in [6.07, 6.45) is 1.65. The number of aromatic nitrogens is 4. The van der Waals surface area contributed by atoms with Crippen LogP contribution < -0.4 is 5.56 Å². The van der Waals surface area contributed by atoms with E-state index in [0.717, 1.165) is 5.52 Å². The number of benzene rings is 1. The van der Waals surface area contributed by atoms with Crippen LogP contribution in [0.4, 0.5) is 0 Å². The van der Waals surface area contributed by atoms with E-state index < -0.39 is 5.97 Å². The molecule has 8 heteroatoms. The van der Waals surface area contributed by atoms with Crippen LogP contribution in [0, 0.1) is 0 Å². The van der Waals surface area contributed by atoms with E-state index >= 15 is 0 Å². The van der Waals surface area contributed by atoms with Crippen molar-refractivity contribution in [3.05, 3.63) is 63.7 Å². The fraction of sp³-hybridized carbons (Fsp3) is 0.0667. The van der Waals surface area contributed by atoms with Crippen molar-refractivity contribution in [3.8, 4) is 0 Å². The number of hydrogen-bond acceptors (Lipinski definition) is 6. The number of ether oxygens (including phenoxy) is 1. The number of carbonyl (C=O) groups excluding carboxylic acids is 1. The maximum Gasteiger partial charge on any atom is 0.359 e. The molecule has 7 nitrogen and oxygen atoms in total. The second kappa shape index (κ2) is 5.33. The van der Waals surface area contributed by atoms with Crippen LogP contribution in [0.25, 0.3) is 15.9 Å². The number of H-pyrrole nitrogens is 1. The van der Waals surface area contributed by atoms with Crippen molar-refractivity contribution in [1.29, 1.82) is 0 Å². The Morgan fingerprint density at radius 2 is 2.22 bits per heavy atom. The fourth-order valence-electron chi connectivity index (χ4n) is 2.29. The zero-order valence-corrected chi connectivity index (χ0v) is 12.5. The minimum atomic E-state index is -0.560. The Morgan fingerprint density at radius 3 is 3.13 bits per heavy atom. The van der Waals surface area contributed by atoms with Crippen LogP contribution in [0.1, 0.15) is 16.2 Å². The van der Waals surface area contributed by atoms with E-state index in [4.69, 9.17) is 4.74 Å². The van der Waals surface area contributed by atoms with Gasteiger partial charge in [0.25, 0.3) is 5.56 Å². The number of esters is 1. The summed E-state index contributed by atoms with van der Waals surface area (Å²) in [6, 6.07) is 8.64. The second-order valence-electron chi connectivity index (χ2n) is 4.84. The standard InChI is InChI=1S/C15H10N4O3S/c20-12-7-9(16-15-19(12)5-6-23-15)8-22-14(21)13-10-3-1-2-4-11(10)17-18-13/h1-7H,8H2,(H,17,18). The van der Waals surface area contributed by atoms with Crippen molar-refractivity contribution < 1.29 is 9.53 Å². The van der Waals surface area contributed by atoms with Gasteiger partial charge in [-0.15, -0.1) is 11.3 Å². The maximum atomic E-state index is 12.2. The number of nitrogens with one attached hydrogen (secondary N) is 1. The predicted octanol–water partition coefficient (Wildman–Crippen LogP) is 1.99. The van der Waals surface area contributed by atoms with Crippen LogP contribution in [0.2, 0.25) is 0 Å². The molecule has 0 spiro atoms. The predicted molar refractivity (Wildman–Crippen MR) is 84.6 cm³/mol. The number of thiazole rings is 1. The third kappa shape index (κ3) is 2.38. The molecular formula is C15H10N4O3S. The molecule has 0 saturated heterocycles. The zero-order chi connectivity index (χ0) is 15.8. The Hall–Kier alpha value is -3.00. The van der Waals surface area contributed by atoms with Crippen LogP contribution >= 0.6 is 11.3 Å². The number of fused-ring (bicyclic) bond motifs is 2. The van der Waals surface area contributed by atoms with Gasteiger partial charge in [0, 0.05) is 23.0 Å². The molecule has 1 aromatic carbocycles. The molecule has 0 radical (unpaired) electrons. The Kier molecular flexibility index (Phi) is 3.16. The topological polar surface area (TPSA) is 89.3 Å². The number of carbonyl (C=O) groups is 1. The average Bonchev–Trinajstić information content (AvgIpc) is 3.19. The molecule has 0 atom stereocenters. The first-order valence-corrected chi connectivity index (χ1v) is 7.66. The summed E-state index contributed by atoms with van der Waals surface area (Å²) in [6.45, 7) is -0.0797. The van der Waals surface area contributed by atoms with Crippen molar-refractivity contribution in [2.24, 2.45) is 0 Å². The first-order chi connectivity index (χ1) is 11.2. The minimum Gasteiger partial charge on any atom is -0.454 e. The molecule has 0 unspecified atom stereocenters. The normalized spacial score (nSPS) is 11.1. The van der Waals surface area contributed by atoms with Crippen LogP contribution in [-0.2, 0) is 11.3 Å². The number of nitrogens with zero attached hydrogens (tertiary/aromatic N) is 3. The Morgan fingerprint density at radius 1 is 1.35 bits per heavy atom. The van der Waals surface area contributed by atoms with Crippen molar-refractivity contribution in [2.75, 3.05) is 0 Å². The lowest BCUT2D eigenvalue weighted by molar-refractivity contribution is 0.0463. The van der Waals surface area contributed by atoms with Crippen LogP contribution in [0.15, 0.2) is 46.7 Å². The fourth-order valence-corrected chi connectivity index (χ4v) is 3.03. The Bertz CT molecular complexity index is 1080. The molecule has 3 aromatic heterocycles. The minimum absolute atomic E-state index is 0.0797. The molecule has 114 valence electrons. The van der Waals surface area contributed by atoms with E-state index in [9.17, 15) is 9.59 Å². The van der Waals surface area contributed by atoms with E-state index in [1.165, 1.54) is 21.8 Å². The van der Waals surface area contributed by atoms with E-state index in [0.29, 0.717) is 16.0 Å². The van der Waals surface area contributed by atoms with Gasteiger partial charge in [-0.2, -0.15) is 5.10 Å². The van der Waals surface area contributed by atoms with Gasteiger partial charge in [0.1, 0.15) is 6.61 Å². The summed E-state index contributed by atoms with van der Waals surface area (Å²) in [4.78, 5) is 28.9. The Labute approximate surface area is 133 Å². The lowest BCUT2D eigenvalue weighted by Crippen LogP contribution is -2.15. The summed E-state index contributed by atoms with van der Waals surface area (Å²) >= 11 is 1.34. The van der Waals surface area contributed by atoms with Crippen molar-refractivity contribution >= 4 is 33.2 Å². The lowest BCUT2D eigenvalue weighted by atomic mass is 10.2. The highest BCUT2D eigenvalue weighted by molar-refractivity contribution is 7.15. The van der Waals surface area contributed by atoms with Crippen LogP contribution in [-0.4, -0.2) is 25.6 Å². The first-order valence-electron chi connectivity index (χ1n) is 6.78. The number of para-hydroxylation sites is 1. The van der Waals surface area contributed by atoms with Gasteiger partial charge in [0.15, 0.2) is 10.7 Å². The number of aromatic amines is 1. The molecule has 0 bridgehead atoms. The van der Waals surface area contributed by atoms with Crippen molar-refractivity contribution in [2.45, 2.75) is 6.61 Å². The highest BCUT2D eigenvalue weighted by Gasteiger charge is 2.16. The summed E-state index contributed by atoms with van der Waals surface area (Å²) in [7, 11) is 0. The summed E-state index contributed by atoms with van der Waals surface area (Å²) in [5, 5.41) is 9.23. The van der Waals surface area contributed by atoms with Gasteiger partial charge in [-0.05, 0) is 6.07 Å². The molecule has 4 aromatic rings. The first kappa shape index (κ1) is 13.6. The molecule has 3 heterocycles. The number of hydrogen-bond donors (Lipinski definition) is 1. The maximum absolute atomic E-state index is 12.2. The molecule has 0 aliphatic heterocycles. The quantitative estimate of drug-likeness (QED) is 0.582. The van der Waals surface area contributed by atoms with Crippen molar-refractivity contribution in [1.82, 2.24) is 19.6 Å². The van der Waals surface area contributed by atoms with E-state index in [-0.39, 0.29) is 17.9 Å². The molecule has 0 saturated carbocycles. The monoisotopic (exact) mass is 326 g/mol. The van der Waals surface area contributed by atoms with Gasteiger partial charge in [-0.3, -0.25) is 14.3 Å². The molecule has 1 N–H and O–H groups in total.